The first-order valence-corrected chi connectivity index (χ1v) is 4.83. The van der Waals surface area contributed by atoms with Crippen LogP contribution in [0.3, 0.4) is 0 Å². The highest BCUT2D eigenvalue weighted by Crippen LogP contribution is 2.31. The van der Waals surface area contributed by atoms with Crippen molar-refractivity contribution in [3.05, 3.63) is 30.0 Å². The molecule has 1 aromatic carbocycles. The summed E-state index contributed by atoms with van der Waals surface area (Å²) in [5.41, 5.74) is 1.39. The molecule has 2 aromatic rings. The van der Waals surface area contributed by atoms with Crippen molar-refractivity contribution in [2.75, 3.05) is 5.32 Å². The molecule has 0 unspecified atom stereocenters. The minimum absolute atomic E-state index is 0.123. The number of aromatic hydroxyl groups is 1. The van der Waals surface area contributed by atoms with E-state index in [0.717, 1.165) is 0 Å². The largest absolute Gasteiger partial charge is 0.508 e. The number of nitrogens with one attached hydrogen (secondary N) is 1. The van der Waals surface area contributed by atoms with Gasteiger partial charge in [0.2, 0.25) is 0 Å². The standard InChI is InChI=1S/C11H10N2O4/c1-6-9(12-11(15)16)10(17-13-6)7-2-4-8(14)5-3-7/h2-5,12,14H,1H3,(H,15,16). The summed E-state index contributed by atoms with van der Waals surface area (Å²) in [6.45, 7) is 1.64. The van der Waals surface area contributed by atoms with Crippen molar-refractivity contribution in [2.24, 2.45) is 0 Å². The number of rotatable bonds is 2. The van der Waals surface area contributed by atoms with Gasteiger partial charge in [0.05, 0.1) is 0 Å². The van der Waals surface area contributed by atoms with Gasteiger partial charge >= 0.3 is 6.09 Å². The van der Waals surface area contributed by atoms with Crippen molar-refractivity contribution in [1.29, 1.82) is 0 Å². The van der Waals surface area contributed by atoms with Crippen LogP contribution in [-0.2, 0) is 0 Å². The highest BCUT2D eigenvalue weighted by atomic mass is 16.5. The van der Waals surface area contributed by atoms with Crippen LogP contribution < -0.4 is 5.32 Å². The Hall–Kier alpha value is -2.50. The van der Waals surface area contributed by atoms with Crippen LogP contribution in [0.1, 0.15) is 5.69 Å². The molecule has 0 bridgehead atoms. The molecule has 0 aliphatic rings. The third kappa shape index (κ3) is 2.20. The fourth-order valence-electron chi connectivity index (χ4n) is 1.43. The van der Waals surface area contributed by atoms with Gasteiger partial charge in [-0.2, -0.15) is 0 Å². The molecule has 1 heterocycles. The summed E-state index contributed by atoms with van der Waals surface area (Å²) in [5.74, 6) is 0.447. The van der Waals surface area contributed by atoms with Gasteiger partial charge in [0.15, 0.2) is 5.76 Å². The van der Waals surface area contributed by atoms with Crippen LogP contribution in [0, 0.1) is 6.92 Å². The van der Waals surface area contributed by atoms with E-state index in [0.29, 0.717) is 22.7 Å². The van der Waals surface area contributed by atoms with Crippen molar-refractivity contribution in [2.45, 2.75) is 6.92 Å². The maximum atomic E-state index is 10.6. The topological polar surface area (TPSA) is 95.6 Å². The van der Waals surface area contributed by atoms with E-state index in [1.807, 2.05) is 0 Å². The summed E-state index contributed by atoms with van der Waals surface area (Å²) in [5, 5.41) is 23.8. The number of nitrogens with zero attached hydrogens (tertiary/aromatic N) is 1. The molecule has 2 rings (SSSR count). The third-order valence-electron chi connectivity index (χ3n) is 2.22. The first-order chi connectivity index (χ1) is 8.08. The molecule has 0 saturated heterocycles. The number of aromatic nitrogens is 1. The van der Waals surface area contributed by atoms with Crippen LogP contribution >= 0.6 is 0 Å². The zero-order chi connectivity index (χ0) is 12.4. The summed E-state index contributed by atoms with van der Waals surface area (Å²) in [6, 6.07) is 6.19. The Morgan fingerprint density at radius 3 is 2.59 bits per heavy atom. The molecule has 0 saturated carbocycles. The highest BCUT2D eigenvalue weighted by molar-refractivity contribution is 5.89. The van der Waals surface area contributed by atoms with Crippen LogP contribution in [0.2, 0.25) is 0 Å². The lowest BCUT2D eigenvalue weighted by Crippen LogP contribution is -2.08. The van der Waals surface area contributed by atoms with Crippen molar-refractivity contribution in [1.82, 2.24) is 5.16 Å². The second-order valence-corrected chi connectivity index (χ2v) is 3.45. The van der Waals surface area contributed by atoms with Crippen molar-refractivity contribution < 1.29 is 19.5 Å². The second-order valence-electron chi connectivity index (χ2n) is 3.45. The fraction of sp³-hybridized carbons (Fsp3) is 0.0909. The molecule has 17 heavy (non-hydrogen) atoms. The Balaban J connectivity index is 2.45. The maximum Gasteiger partial charge on any atom is 0.409 e. The Morgan fingerprint density at radius 2 is 2.00 bits per heavy atom. The van der Waals surface area contributed by atoms with Gasteiger partial charge in [-0.15, -0.1) is 0 Å². The first-order valence-electron chi connectivity index (χ1n) is 4.83. The number of hydrogen-bond acceptors (Lipinski definition) is 4. The number of anilines is 1. The Labute approximate surface area is 96.5 Å². The maximum absolute atomic E-state index is 10.6. The molecule has 1 aromatic heterocycles. The number of aryl methyl sites for hydroxylation is 1. The fourth-order valence-corrected chi connectivity index (χ4v) is 1.43. The molecule has 6 nitrogen and oxygen atoms in total. The molecular formula is C11H10N2O4. The number of carboxylic acid groups (broad SMARTS) is 1. The Kier molecular flexibility index (Phi) is 2.70. The van der Waals surface area contributed by atoms with E-state index in [1.165, 1.54) is 12.1 Å². The summed E-state index contributed by atoms with van der Waals surface area (Å²) in [6.07, 6.45) is -1.18. The van der Waals surface area contributed by atoms with Crippen molar-refractivity contribution in [3.63, 3.8) is 0 Å². The summed E-state index contributed by atoms with van der Waals surface area (Å²) < 4.78 is 5.06. The number of phenols is 1. The lowest BCUT2D eigenvalue weighted by molar-refractivity contribution is 0.209. The van der Waals surface area contributed by atoms with E-state index in [9.17, 15) is 4.79 Å². The molecule has 88 valence electrons. The van der Waals surface area contributed by atoms with Crippen LogP contribution in [-0.4, -0.2) is 21.5 Å². The molecule has 0 spiro atoms. The molecule has 3 N–H and O–H groups in total. The van der Waals surface area contributed by atoms with Gasteiger partial charge in [0.1, 0.15) is 17.1 Å². The second kappa shape index (κ2) is 4.17. The Bertz CT molecular complexity index is 545. The smallest absolute Gasteiger partial charge is 0.409 e. The molecule has 0 fully saturated rings. The van der Waals surface area contributed by atoms with Crippen LogP contribution in [0.15, 0.2) is 28.8 Å². The van der Waals surface area contributed by atoms with E-state index >= 15 is 0 Å². The predicted molar refractivity (Wildman–Crippen MR) is 60.0 cm³/mol. The lowest BCUT2D eigenvalue weighted by Gasteiger charge is -2.01. The monoisotopic (exact) mass is 234 g/mol. The van der Waals surface area contributed by atoms with Crippen LogP contribution in [0.25, 0.3) is 11.3 Å². The number of phenolic OH excluding ortho intramolecular Hbond substituents is 1. The van der Waals surface area contributed by atoms with E-state index in [1.54, 1.807) is 19.1 Å². The van der Waals surface area contributed by atoms with E-state index in [-0.39, 0.29) is 5.75 Å². The third-order valence-corrected chi connectivity index (χ3v) is 2.22. The van der Waals surface area contributed by atoms with Gasteiger partial charge in [-0.1, -0.05) is 5.16 Å². The average Bonchev–Trinajstić information content (AvgIpc) is 2.61. The van der Waals surface area contributed by atoms with Gasteiger partial charge in [0, 0.05) is 5.56 Å². The molecule has 6 heteroatoms. The number of hydrogen-bond donors (Lipinski definition) is 3. The lowest BCUT2D eigenvalue weighted by atomic mass is 10.1. The quantitative estimate of drug-likeness (QED) is 0.741. The minimum Gasteiger partial charge on any atom is -0.508 e. The SMILES string of the molecule is Cc1noc(-c2ccc(O)cc2)c1NC(=O)O. The molecule has 0 radical (unpaired) electrons. The average molecular weight is 234 g/mol. The first kappa shape index (κ1) is 11.0. The number of carbonyl (C=O) groups is 1. The van der Waals surface area contributed by atoms with E-state index < -0.39 is 6.09 Å². The zero-order valence-corrected chi connectivity index (χ0v) is 8.97. The molecule has 1 amide bonds. The zero-order valence-electron chi connectivity index (χ0n) is 8.97. The molecule has 0 aliphatic heterocycles. The normalized spacial score (nSPS) is 10.2. The summed E-state index contributed by atoms with van der Waals surface area (Å²) in [4.78, 5) is 10.6. The number of benzene rings is 1. The van der Waals surface area contributed by atoms with Gasteiger partial charge < -0.3 is 14.7 Å². The van der Waals surface area contributed by atoms with Gasteiger partial charge in [-0.3, -0.25) is 5.32 Å². The van der Waals surface area contributed by atoms with Crippen molar-refractivity contribution in [3.8, 4) is 17.1 Å². The highest BCUT2D eigenvalue weighted by Gasteiger charge is 2.16. The molecule has 0 atom stereocenters. The minimum atomic E-state index is -1.18. The summed E-state index contributed by atoms with van der Waals surface area (Å²) >= 11 is 0. The van der Waals surface area contributed by atoms with E-state index in [4.69, 9.17) is 14.7 Å². The van der Waals surface area contributed by atoms with Gasteiger partial charge in [-0.25, -0.2) is 4.79 Å². The predicted octanol–water partition coefficient (Wildman–Crippen LogP) is 2.45. The molecular weight excluding hydrogens is 224 g/mol. The Morgan fingerprint density at radius 1 is 1.35 bits per heavy atom. The molecule has 0 aliphatic carbocycles. The number of amides is 1. The van der Waals surface area contributed by atoms with Crippen LogP contribution in [0.4, 0.5) is 10.5 Å². The van der Waals surface area contributed by atoms with Crippen molar-refractivity contribution >= 4 is 11.8 Å². The van der Waals surface area contributed by atoms with Crippen LogP contribution in [0.5, 0.6) is 5.75 Å². The van der Waals surface area contributed by atoms with E-state index in [2.05, 4.69) is 10.5 Å². The van der Waals surface area contributed by atoms with Gasteiger partial charge in [-0.05, 0) is 31.2 Å². The van der Waals surface area contributed by atoms with Gasteiger partial charge in [0.25, 0.3) is 0 Å². The summed E-state index contributed by atoms with van der Waals surface area (Å²) in [7, 11) is 0.